The van der Waals surface area contributed by atoms with E-state index in [1.807, 2.05) is 0 Å². The van der Waals surface area contributed by atoms with Crippen LogP contribution in [0.3, 0.4) is 0 Å². The molecule has 0 unspecified atom stereocenters. The largest absolute Gasteiger partial charge is 0.359 e. The zero-order valence-electron chi connectivity index (χ0n) is 14.2. The van der Waals surface area contributed by atoms with E-state index in [0.29, 0.717) is 25.3 Å². The van der Waals surface area contributed by atoms with Crippen LogP contribution < -0.4 is 10.2 Å². The number of nitrogens with zero attached hydrogens (tertiary/aromatic N) is 2. The Balaban J connectivity index is 2.21. The summed E-state index contributed by atoms with van der Waals surface area (Å²) >= 11 is 0. The van der Waals surface area contributed by atoms with Crippen LogP contribution in [0.1, 0.15) is 20.3 Å². The molecule has 1 atom stereocenters. The van der Waals surface area contributed by atoms with E-state index in [2.05, 4.69) is 5.32 Å². The van der Waals surface area contributed by atoms with Crippen LogP contribution in [0.2, 0.25) is 0 Å². The minimum Gasteiger partial charge on any atom is -0.359 e. The van der Waals surface area contributed by atoms with Gasteiger partial charge in [-0.15, -0.1) is 0 Å². The van der Waals surface area contributed by atoms with Gasteiger partial charge in [0.1, 0.15) is 0 Å². The molecule has 1 aromatic carbocycles. The van der Waals surface area contributed by atoms with Crippen molar-refractivity contribution in [1.82, 2.24) is 9.62 Å². The van der Waals surface area contributed by atoms with Crippen molar-refractivity contribution < 1.29 is 18.0 Å². The highest BCUT2D eigenvalue weighted by Crippen LogP contribution is 2.27. The molecule has 0 spiro atoms. The van der Waals surface area contributed by atoms with Gasteiger partial charge >= 0.3 is 0 Å². The van der Waals surface area contributed by atoms with Gasteiger partial charge in [-0.05, 0) is 24.3 Å². The van der Waals surface area contributed by atoms with E-state index in [1.54, 1.807) is 33.0 Å². The lowest BCUT2D eigenvalue weighted by Crippen LogP contribution is -2.31. The molecule has 0 aromatic heterocycles. The van der Waals surface area contributed by atoms with Gasteiger partial charge in [0.05, 0.1) is 10.8 Å². The Labute approximate surface area is 142 Å². The summed E-state index contributed by atoms with van der Waals surface area (Å²) in [5, 5.41) is 2.55. The van der Waals surface area contributed by atoms with Crippen LogP contribution in [0, 0.1) is 5.92 Å². The molecule has 0 aliphatic carbocycles. The lowest BCUT2D eigenvalue weighted by atomic mass is 10.1. The smallest absolute Gasteiger partial charge is 0.243 e. The molecular weight excluding hydrogens is 330 g/mol. The predicted molar refractivity (Wildman–Crippen MR) is 91.1 cm³/mol. The molecule has 2 rings (SSSR count). The number of anilines is 1. The highest BCUT2D eigenvalue weighted by atomic mass is 32.2. The van der Waals surface area contributed by atoms with E-state index >= 15 is 0 Å². The summed E-state index contributed by atoms with van der Waals surface area (Å²) in [6, 6.07) is 6.23. The Morgan fingerprint density at radius 1 is 1.25 bits per heavy atom. The fourth-order valence-corrected chi connectivity index (χ4v) is 4.31. The quantitative estimate of drug-likeness (QED) is 0.820. The molecule has 1 N–H and O–H groups in total. The van der Waals surface area contributed by atoms with Gasteiger partial charge in [-0.25, -0.2) is 8.42 Å². The Morgan fingerprint density at radius 2 is 1.83 bits per heavy atom. The normalized spacial score (nSPS) is 18.2. The minimum absolute atomic E-state index is 0.136. The van der Waals surface area contributed by atoms with E-state index in [9.17, 15) is 18.0 Å². The molecular formula is C16H23N3O4S. The highest BCUT2D eigenvalue weighted by Gasteiger charge is 2.34. The van der Waals surface area contributed by atoms with Crippen LogP contribution in [0.4, 0.5) is 5.69 Å². The molecule has 0 bridgehead atoms. The maximum atomic E-state index is 12.5. The van der Waals surface area contributed by atoms with Crippen molar-refractivity contribution >= 4 is 27.5 Å². The molecule has 132 valence electrons. The Morgan fingerprint density at radius 3 is 2.33 bits per heavy atom. The van der Waals surface area contributed by atoms with Gasteiger partial charge in [-0.2, -0.15) is 4.31 Å². The van der Waals surface area contributed by atoms with Crippen molar-refractivity contribution in [3.63, 3.8) is 0 Å². The second kappa shape index (κ2) is 7.31. The highest BCUT2D eigenvalue weighted by molar-refractivity contribution is 7.89. The average molecular weight is 353 g/mol. The molecule has 8 heteroatoms. The number of carbonyl (C=O) groups excluding carboxylic acids is 2. The van der Waals surface area contributed by atoms with Gasteiger partial charge in [-0.3, -0.25) is 9.59 Å². The Bertz CT molecular complexity index is 711. The molecule has 1 aromatic rings. The summed E-state index contributed by atoms with van der Waals surface area (Å²) < 4.78 is 26.3. The number of rotatable bonds is 6. The van der Waals surface area contributed by atoms with Gasteiger partial charge < -0.3 is 10.2 Å². The average Bonchev–Trinajstić information content (AvgIpc) is 2.97. The molecule has 1 fully saturated rings. The standard InChI is InChI=1S/C16H23N3O4S/c1-4-18(5-2)24(22,23)14-8-6-13(7-9-14)19-11-12(10-15(19)20)16(21)17-3/h6-9,12H,4-5,10-11H2,1-3H3,(H,17,21)/t12-/m0/s1. The summed E-state index contributed by atoms with van der Waals surface area (Å²) in [7, 11) is -1.97. The summed E-state index contributed by atoms with van der Waals surface area (Å²) in [5.74, 6) is -0.670. The van der Waals surface area contributed by atoms with Gasteiger partial charge in [0.15, 0.2) is 0 Å². The van der Waals surface area contributed by atoms with Crippen molar-refractivity contribution in [3.8, 4) is 0 Å². The Kier molecular flexibility index (Phi) is 5.61. The number of hydrogen-bond donors (Lipinski definition) is 1. The van der Waals surface area contributed by atoms with Gasteiger partial charge in [0, 0.05) is 38.8 Å². The molecule has 1 aliphatic heterocycles. The molecule has 2 amide bonds. The number of benzene rings is 1. The minimum atomic E-state index is -3.52. The first-order chi connectivity index (χ1) is 11.3. The first-order valence-electron chi connectivity index (χ1n) is 7.97. The monoisotopic (exact) mass is 353 g/mol. The molecule has 1 aliphatic rings. The van der Waals surface area contributed by atoms with Gasteiger partial charge in [0.2, 0.25) is 21.8 Å². The maximum Gasteiger partial charge on any atom is 0.243 e. The van der Waals surface area contributed by atoms with Gasteiger partial charge in [0.25, 0.3) is 0 Å². The van der Waals surface area contributed by atoms with Crippen LogP contribution in [0.15, 0.2) is 29.2 Å². The topological polar surface area (TPSA) is 86.8 Å². The molecule has 0 radical (unpaired) electrons. The third-order valence-corrected chi connectivity index (χ3v) is 6.30. The fourth-order valence-electron chi connectivity index (χ4n) is 2.85. The SMILES string of the molecule is CCN(CC)S(=O)(=O)c1ccc(N2C[C@@H](C(=O)NC)CC2=O)cc1. The van der Waals surface area contributed by atoms with E-state index in [1.165, 1.54) is 21.3 Å². The third kappa shape index (κ3) is 3.44. The molecule has 7 nitrogen and oxygen atoms in total. The van der Waals surface area contributed by atoms with Crippen molar-refractivity contribution in [2.45, 2.75) is 25.2 Å². The second-order valence-electron chi connectivity index (χ2n) is 5.60. The van der Waals surface area contributed by atoms with Crippen LogP contribution >= 0.6 is 0 Å². The zero-order chi connectivity index (χ0) is 17.9. The fraction of sp³-hybridized carbons (Fsp3) is 0.500. The van der Waals surface area contributed by atoms with Crippen LogP contribution in [-0.4, -0.2) is 51.2 Å². The number of sulfonamides is 1. The zero-order valence-corrected chi connectivity index (χ0v) is 15.0. The lowest BCUT2D eigenvalue weighted by Gasteiger charge is -2.20. The lowest BCUT2D eigenvalue weighted by molar-refractivity contribution is -0.125. The van der Waals surface area contributed by atoms with Crippen LogP contribution in [0.5, 0.6) is 0 Å². The number of hydrogen-bond acceptors (Lipinski definition) is 4. The van der Waals surface area contributed by atoms with Gasteiger partial charge in [-0.1, -0.05) is 13.8 Å². The first kappa shape index (κ1) is 18.4. The van der Waals surface area contributed by atoms with Crippen LogP contribution in [0.25, 0.3) is 0 Å². The van der Waals surface area contributed by atoms with E-state index in [4.69, 9.17) is 0 Å². The molecule has 1 heterocycles. The summed E-state index contributed by atoms with van der Waals surface area (Å²) in [4.78, 5) is 25.5. The van der Waals surface area contributed by atoms with Crippen molar-refractivity contribution in [2.24, 2.45) is 5.92 Å². The number of amides is 2. The first-order valence-corrected chi connectivity index (χ1v) is 9.41. The third-order valence-electron chi connectivity index (χ3n) is 4.23. The van der Waals surface area contributed by atoms with Crippen LogP contribution in [-0.2, 0) is 19.6 Å². The second-order valence-corrected chi connectivity index (χ2v) is 7.54. The number of nitrogens with one attached hydrogen (secondary N) is 1. The van der Waals surface area contributed by atoms with Crippen molar-refractivity contribution in [2.75, 3.05) is 31.6 Å². The summed E-state index contributed by atoms with van der Waals surface area (Å²) in [5.41, 5.74) is 0.602. The summed E-state index contributed by atoms with van der Waals surface area (Å²) in [6.45, 7) is 4.69. The van der Waals surface area contributed by atoms with E-state index in [-0.39, 0.29) is 29.0 Å². The molecule has 24 heavy (non-hydrogen) atoms. The summed E-state index contributed by atoms with van der Waals surface area (Å²) in [6.07, 6.45) is 0.166. The van der Waals surface area contributed by atoms with Crippen molar-refractivity contribution in [1.29, 1.82) is 0 Å². The Hall–Kier alpha value is -1.93. The maximum absolute atomic E-state index is 12.5. The van der Waals surface area contributed by atoms with E-state index < -0.39 is 10.0 Å². The van der Waals surface area contributed by atoms with E-state index in [0.717, 1.165) is 0 Å². The molecule has 1 saturated heterocycles. The number of carbonyl (C=O) groups is 2. The van der Waals surface area contributed by atoms with Crippen molar-refractivity contribution in [3.05, 3.63) is 24.3 Å². The molecule has 0 saturated carbocycles. The predicted octanol–water partition coefficient (Wildman–Crippen LogP) is 0.816.